The molecule has 1 amide bonds. The molecule has 0 saturated heterocycles. The Labute approximate surface area is 140 Å². The first-order valence-corrected chi connectivity index (χ1v) is 8.12. The van der Waals surface area contributed by atoms with E-state index in [0.717, 1.165) is 39.6 Å². The minimum atomic E-state index is -0.152. The van der Waals surface area contributed by atoms with E-state index in [1.807, 2.05) is 18.2 Å². The van der Waals surface area contributed by atoms with Crippen LogP contribution in [0.5, 0.6) is 0 Å². The number of amides is 1. The van der Waals surface area contributed by atoms with Gasteiger partial charge >= 0.3 is 0 Å². The van der Waals surface area contributed by atoms with E-state index >= 15 is 0 Å². The first-order chi connectivity index (χ1) is 10.6. The average molecular weight is 350 g/mol. The van der Waals surface area contributed by atoms with Crippen molar-refractivity contribution in [1.29, 1.82) is 0 Å². The highest BCUT2D eigenvalue weighted by molar-refractivity contribution is 7.00. The summed E-state index contributed by atoms with van der Waals surface area (Å²) in [6.07, 6.45) is 0.324. The standard InChI is InChI=1S/C15H9Cl2N3OS/c16-7-1-2-8(10(17)5-7)9-6-13(21)18-11-3-4-12-15(14(9)11)20-22-19-12/h1-5,9H,6H2,(H,18,21)/t9-/m1/s1. The number of benzene rings is 2. The second kappa shape index (κ2) is 5.19. The molecule has 4 nitrogen and oxygen atoms in total. The van der Waals surface area contributed by atoms with Crippen LogP contribution in [0.15, 0.2) is 30.3 Å². The van der Waals surface area contributed by atoms with Crippen LogP contribution in [0.2, 0.25) is 10.0 Å². The second-order valence-corrected chi connectivity index (χ2v) is 6.50. The highest BCUT2D eigenvalue weighted by atomic mass is 35.5. The van der Waals surface area contributed by atoms with Crippen LogP contribution in [0, 0.1) is 0 Å². The maximum absolute atomic E-state index is 12.0. The van der Waals surface area contributed by atoms with Crippen LogP contribution in [0.25, 0.3) is 11.0 Å². The number of rotatable bonds is 1. The van der Waals surface area contributed by atoms with Crippen LogP contribution in [0.4, 0.5) is 5.69 Å². The van der Waals surface area contributed by atoms with Crippen LogP contribution in [-0.2, 0) is 4.79 Å². The Morgan fingerprint density at radius 1 is 1.18 bits per heavy atom. The summed E-state index contributed by atoms with van der Waals surface area (Å²) in [5, 5.41) is 4.03. The third kappa shape index (κ3) is 2.17. The van der Waals surface area contributed by atoms with Crippen molar-refractivity contribution in [2.75, 3.05) is 5.32 Å². The Bertz CT molecular complexity index is 909. The van der Waals surface area contributed by atoms with Crippen molar-refractivity contribution in [3.8, 4) is 0 Å². The Morgan fingerprint density at radius 3 is 2.86 bits per heavy atom. The van der Waals surface area contributed by atoms with Gasteiger partial charge in [0.25, 0.3) is 0 Å². The van der Waals surface area contributed by atoms with Crippen molar-refractivity contribution >= 4 is 57.6 Å². The third-order valence-electron chi connectivity index (χ3n) is 3.82. The first-order valence-electron chi connectivity index (χ1n) is 6.63. The summed E-state index contributed by atoms with van der Waals surface area (Å²) in [4.78, 5) is 12.0. The van der Waals surface area contributed by atoms with Gasteiger partial charge in [0.15, 0.2) is 0 Å². The molecule has 1 aliphatic rings. The van der Waals surface area contributed by atoms with Crippen molar-refractivity contribution in [2.24, 2.45) is 0 Å². The molecule has 0 unspecified atom stereocenters. The highest BCUT2D eigenvalue weighted by Gasteiger charge is 2.30. The van der Waals surface area contributed by atoms with Gasteiger partial charge in [-0.1, -0.05) is 29.3 Å². The zero-order valence-corrected chi connectivity index (χ0v) is 13.5. The van der Waals surface area contributed by atoms with Gasteiger partial charge in [-0.25, -0.2) is 0 Å². The molecule has 1 aromatic heterocycles. The lowest BCUT2D eigenvalue weighted by molar-refractivity contribution is -0.116. The molecule has 22 heavy (non-hydrogen) atoms. The van der Waals surface area contributed by atoms with Crippen LogP contribution in [-0.4, -0.2) is 14.7 Å². The van der Waals surface area contributed by atoms with Gasteiger partial charge in [-0.3, -0.25) is 4.79 Å². The molecular weight excluding hydrogens is 341 g/mol. The van der Waals surface area contributed by atoms with Gasteiger partial charge in [-0.05, 0) is 29.8 Å². The third-order valence-corrected chi connectivity index (χ3v) is 4.92. The number of nitrogens with zero attached hydrogens (tertiary/aromatic N) is 2. The molecule has 110 valence electrons. The fraction of sp³-hybridized carbons (Fsp3) is 0.133. The van der Waals surface area contributed by atoms with Gasteiger partial charge in [-0.2, -0.15) is 8.75 Å². The fourth-order valence-electron chi connectivity index (χ4n) is 2.87. The number of nitrogens with one attached hydrogen (secondary N) is 1. The average Bonchev–Trinajstić information content (AvgIpc) is 2.94. The summed E-state index contributed by atoms with van der Waals surface area (Å²) in [6, 6.07) is 9.09. The SMILES string of the molecule is O=C1C[C@H](c2ccc(Cl)cc2Cl)c2c(ccc3nsnc23)N1. The molecule has 0 fully saturated rings. The molecule has 1 aliphatic heterocycles. The van der Waals surface area contributed by atoms with Gasteiger partial charge < -0.3 is 5.32 Å². The van der Waals surface area contributed by atoms with Gasteiger partial charge in [0.2, 0.25) is 5.91 Å². The molecular formula is C15H9Cl2N3OS. The fourth-order valence-corrected chi connectivity index (χ4v) is 3.96. The highest BCUT2D eigenvalue weighted by Crippen LogP contribution is 2.43. The lowest BCUT2D eigenvalue weighted by atomic mass is 9.84. The molecule has 0 spiro atoms. The first kappa shape index (κ1) is 13.9. The number of halogens is 2. The van der Waals surface area contributed by atoms with Crippen molar-refractivity contribution in [2.45, 2.75) is 12.3 Å². The minimum absolute atomic E-state index is 0.0361. The molecule has 3 aromatic rings. The summed E-state index contributed by atoms with van der Waals surface area (Å²) in [7, 11) is 0. The summed E-state index contributed by atoms with van der Waals surface area (Å²) in [5.41, 5.74) is 4.26. The van der Waals surface area contributed by atoms with E-state index in [4.69, 9.17) is 23.2 Å². The van der Waals surface area contributed by atoms with Crippen LogP contribution in [0.1, 0.15) is 23.5 Å². The van der Waals surface area contributed by atoms with Crippen LogP contribution < -0.4 is 5.32 Å². The van der Waals surface area contributed by atoms with Gasteiger partial charge in [-0.15, -0.1) is 0 Å². The van der Waals surface area contributed by atoms with Crippen molar-refractivity contribution in [3.05, 3.63) is 51.5 Å². The number of carbonyl (C=O) groups is 1. The predicted molar refractivity (Wildman–Crippen MR) is 89.0 cm³/mol. The maximum Gasteiger partial charge on any atom is 0.225 e. The second-order valence-electron chi connectivity index (χ2n) is 5.13. The van der Waals surface area contributed by atoms with Crippen LogP contribution in [0.3, 0.4) is 0 Å². The molecule has 2 aromatic carbocycles. The zero-order chi connectivity index (χ0) is 15.3. The monoisotopic (exact) mass is 349 g/mol. The zero-order valence-electron chi connectivity index (χ0n) is 11.1. The van der Waals surface area contributed by atoms with E-state index < -0.39 is 0 Å². The summed E-state index contributed by atoms with van der Waals surface area (Å²) >= 11 is 13.5. The predicted octanol–water partition coefficient (Wildman–Crippen LogP) is 4.47. The van der Waals surface area contributed by atoms with E-state index in [1.165, 1.54) is 0 Å². The normalized spacial score (nSPS) is 17.4. The minimum Gasteiger partial charge on any atom is -0.326 e. The molecule has 0 saturated carbocycles. The smallest absolute Gasteiger partial charge is 0.225 e. The summed E-state index contributed by atoms with van der Waals surface area (Å²) in [5.74, 6) is -0.188. The lowest BCUT2D eigenvalue weighted by Gasteiger charge is -2.26. The van der Waals surface area contributed by atoms with E-state index in [9.17, 15) is 4.79 Å². The molecule has 1 atom stereocenters. The van der Waals surface area contributed by atoms with Gasteiger partial charge in [0.1, 0.15) is 11.0 Å². The molecule has 0 aliphatic carbocycles. The molecule has 2 heterocycles. The van der Waals surface area contributed by atoms with Gasteiger partial charge in [0.05, 0.1) is 11.7 Å². The van der Waals surface area contributed by atoms with Crippen molar-refractivity contribution in [3.63, 3.8) is 0 Å². The van der Waals surface area contributed by atoms with Crippen LogP contribution >= 0.6 is 34.9 Å². The van der Waals surface area contributed by atoms with E-state index in [2.05, 4.69) is 14.1 Å². The van der Waals surface area contributed by atoms with Crippen molar-refractivity contribution < 1.29 is 4.79 Å². The topological polar surface area (TPSA) is 54.9 Å². The lowest BCUT2D eigenvalue weighted by Crippen LogP contribution is -2.24. The molecule has 4 rings (SSSR count). The summed E-state index contributed by atoms with van der Waals surface area (Å²) in [6.45, 7) is 0. The van der Waals surface area contributed by atoms with E-state index in [1.54, 1.807) is 12.1 Å². The van der Waals surface area contributed by atoms with E-state index in [0.29, 0.717) is 16.5 Å². The number of hydrogen-bond donors (Lipinski definition) is 1. The quantitative estimate of drug-likeness (QED) is 0.704. The van der Waals surface area contributed by atoms with E-state index in [-0.39, 0.29) is 11.8 Å². The Balaban J connectivity index is 1.98. The molecule has 0 radical (unpaired) electrons. The molecule has 0 bridgehead atoms. The Hall–Kier alpha value is -1.69. The Kier molecular flexibility index (Phi) is 3.29. The number of anilines is 1. The molecule has 7 heteroatoms. The number of hydrogen-bond acceptors (Lipinski definition) is 4. The largest absolute Gasteiger partial charge is 0.326 e. The number of aromatic nitrogens is 2. The Morgan fingerprint density at radius 2 is 2.05 bits per heavy atom. The van der Waals surface area contributed by atoms with Crippen molar-refractivity contribution in [1.82, 2.24) is 8.75 Å². The molecule has 1 N–H and O–H groups in total. The summed E-state index contributed by atoms with van der Waals surface area (Å²) < 4.78 is 8.66. The number of fused-ring (bicyclic) bond motifs is 3. The maximum atomic E-state index is 12.0. The number of carbonyl (C=O) groups excluding carboxylic acids is 1. The van der Waals surface area contributed by atoms with Gasteiger partial charge in [0, 0.05) is 33.6 Å².